The maximum atomic E-state index is 6.23. The number of hydrogen-bond donors (Lipinski definition) is 0. The average Bonchev–Trinajstić information content (AvgIpc) is 3.73. The fourth-order valence-corrected chi connectivity index (χ4v) is 8.26. The first-order chi connectivity index (χ1) is 23.3. The van der Waals surface area contributed by atoms with Gasteiger partial charge in [0.1, 0.15) is 5.52 Å². The highest BCUT2D eigenvalue weighted by Crippen LogP contribution is 2.44. The third-order valence-electron chi connectivity index (χ3n) is 9.26. The Morgan fingerprint density at radius 1 is 0.468 bits per heavy atom. The molecule has 0 aliphatic heterocycles. The highest BCUT2D eigenvalue weighted by Gasteiger charge is 2.19. The van der Waals surface area contributed by atoms with Gasteiger partial charge in [0.05, 0.1) is 0 Å². The zero-order chi connectivity index (χ0) is 30.9. The Morgan fingerprint density at radius 2 is 1.17 bits per heavy atom. The molecule has 0 saturated carbocycles. The maximum Gasteiger partial charge on any atom is 0.227 e. The number of hydrogen-bond acceptors (Lipinski definition) is 4. The normalized spacial score (nSPS) is 11.8. The fourth-order valence-electron chi connectivity index (χ4n) is 7.10. The van der Waals surface area contributed by atoms with Crippen molar-refractivity contribution in [1.82, 2.24) is 4.98 Å². The van der Waals surface area contributed by atoms with Gasteiger partial charge in [0.25, 0.3) is 0 Å². The smallest absolute Gasteiger partial charge is 0.227 e. The number of oxazole rings is 1. The molecule has 0 saturated heterocycles. The summed E-state index contributed by atoms with van der Waals surface area (Å²) in [7, 11) is 0. The van der Waals surface area contributed by atoms with Crippen LogP contribution in [0.25, 0.3) is 75.0 Å². The van der Waals surface area contributed by atoms with Crippen LogP contribution in [0, 0.1) is 0 Å². The van der Waals surface area contributed by atoms with Crippen LogP contribution in [0.1, 0.15) is 0 Å². The molecule has 47 heavy (non-hydrogen) atoms. The molecule has 0 aliphatic carbocycles. The highest BCUT2D eigenvalue weighted by molar-refractivity contribution is 7.26. The molecule has 0 atom stereocenters. The van der Waals surface area contributed by atoms with Gasteiger partial charge in [0, 0.05) is 42.8 Å². The quantitative estimate of drug-likeness (QED) is 0.184. The number of aromatic nitrogens is 1. The van der Waals surface area contributed by atoms with E-state index in [2.05, 4.69) is 138 Å². The van der Waals surface area contributed by atoms with Crippen LogP contribution in [-0.4, -0.2) is 4.98 Å². The Bertz CT molecular complexity index is 2780. The van der Waals surface area contributed by atoms with Crippen molar-refractivity contribution in [2.75, 3.05) is 4.90 Å². The van der Waals surface area contributed by atoms with Gasteiger partial charge in [-0.15, -0.1) is 11.3 Å². The van der Waals surface area contributed by atoms with E-state index >= 15 is 0 Å². The van der Waals surface area contributed by atoms with Gasteiger partial charge in [0.2, 0.25) is 5.89 Å². The van der Waals surface area contributed by atoms with Crippen LogP contribution >= 0.6 is 11.3 Å². The standard InChI is InChI=1S/C43H26N2OS/c1-2-10-29(11-3-1)45(30-19-23-33-28(25-30)18-22-34-32-12-5-4-9-27(32)17-21-35(33)34)31-20-24-36-41(26-31)47-40-16-8-13-37(42(36)40)43-44-38-14-6-7-15-39(38)46-43/h1-26H. The summed E-state index contributed by atoms with van der Waals surface area (Å²) in [5.41, 5.74) is 6.05. The monoisotopic (exact) mass is 618 g/mol. The Kier molecular flexibility index (Phi) is 5.74. The molecule has 4 heteroatoms. The second-order valence-corrected chi connectivity index (χ2v) is 13.1. The topological polar surface area (TPSA) is 29.3 Å². The van der Waals surface area contributed by atoms with Crippen LogP contribution in [0.4, 0.5) is 17.1 Å². The van der Waals surface area contributed by atoms with Crippen molar-refractivity contribution in [3.63, 3.8) is 0 Å². The van der Waals surface area contributed by atoms with Gasteiger partial charge in [-0.05, 0) is 93.0 Å². The zero-order valence-electron chi connectivity index (χ0n) is 25.2. The summed E-state index contributed by atoms with van der Waals surface area (Å²) in [6.45, 7) is 0. The molecule has 0 spiro atoms. The Labute approximate surface area is 274 Å². The summed E-state index contributed by atoms with van der Waals surface area (Å²) >= 11 is 1.81. The van der Waals surface area contributed by atoms with Gasteiger partial charge in [-0.3, -0.25) is 0 Å². The van der Waals surface area contributed by atoms with E-state index in [-0.39, 0.29) is 0 Å². The van der Waals surface area contributed by atoms with Crippen molar-refractivity contribution in [3.8, 4) is 11.5 Å². The number of rotatable bonds is 4. The summed E-state index contributed by atoms with van der Waals surface area (Å²) < 4.78 is 8.67. The summed E-state index contributed by atoms with van der Waals surface area (Å²) in [6.07, 6.45) is 0. The highest BCUT2D eigenvalue weighted by atomic mass is 32.1. The van der Waals surface area contributed by atoms with Crippen molar-refractivity contribution < 1.29 is 4.42 Å². The largest absolute Gasteiger partial charge is 0.436 e. The van der Waals surface area contributed by atoms with Gasteiger partial charge < -0.3 is 9.32 Å². The lowest BCUT2D eigenvalue weighted by Gasteiger charge is -2.26. The minimum absolute atomic E-state index is 0.656. The van der Waals surface area contributed by atoms with E-state index in [0.29, 0.717) is 5.89 Å². The molecule has 2 heterocycles. The molecule has 2 aromatic heterocycles. The van der Waals surface area contributed by atoms with Crippen LogP contribution in [0.3, 0.4) is 0 Å². The van der Waals surface area contributed by atoms with Crippen LogP contribution < -0.4 is 4.90 Å². The minimum Gasteiger partial charge on any atom is -0.436 e. The average molecular weight is 619 g/mol. The molecular formula is C43H26N2OS. The SMILES string of the molecule is c1ccc(N(c2ccc3c(ccc4c5ccccc5ccc34)c2)c2ccc3c(c2)sc2cccc(-c4nc5ccccc5o4)c23)cc1. The zero-order valence-corrected chi connectivity index (χ0v) is 26.0. The van der Waals surface area contributed by atoms with Gasteiger partial charge >= 0.3 is 0 Å². The van der Waals surface area contributed by atoms with E-state index < -0.39 is 0 Å². The van der Waals surface area contributed by atoms with E-state index in [1.807, 2.05) is 35.6 Å². The molecule has 220 valence electrons. The molecule has 0 bridgehead atoms. The minimum atomic E-state index is 0.656. The maximum absolute atomic E-state index is 6.23. The van der Waals surface area contributed by atoms with Gasteiger partial charge in [-0.2, -0.15) is 0 Å². The second-order valence-electron chi connectivity index (χ2n) is 12.0. The number of fused-ring (bicyclic) bond motifs is 9. The number of nitrogens with zero attached hydrogens (tertiary/aromatic N) is 2. The van der Waals surface area contributed by atoms with Gasteiger partial charge in [-0.25, -0.2) is 4.98 Å². The van der Waals surface area contributed by atoms with Gasteiger partial charge in [-0.1, -0.05) is 97.1 Å². The third kappa shape index (κ3) is 4.16. The molecule has 0 N–H and O–H groups in total. The summed E-state index contributed by atoms with van der Waals surface area (Å²) in [5, 5.41) is 9.99. The van der Waals surface area contributed by atoms with Crippen LogP contribution in [0.2, 0.25) is 0 Å². The van der Waals surface area contributed by atoms with Crippen LogP contribution in [0.5, 0.6) is 0 Å². The van der Waals surface area contributed by atoms with Gasteiger partial charge in [0.15, 0.2) is 5.58 Å². The molecule has 0 aliphatic rings. The molecule has 0 unspecified atom stereocenters. The number of para-hydroxylation sites is 3. The first-order valence-electron chi connectivity index (χ1n) is 15.8. The lowest BCUT2D eigenvalue weighted by Crippen LogP contribution is -2.09. The number of benzene rings is 8. The van der Waals surface area contributed by atoms with Crippen LogP contribution in [0.15, 0.2) is 162 Å². The molecule has 3 nitrogen and oxygen atoms in total. The predicted octanol–water partition coefficient (Wildman–Crippen LogP) is 12.8. The number of thiophene rings is 1. The Morgan fingerprint density at radius 3 is 2.04 bits per heavy atom. The summed E-state index contributed by atoms with van der Waals surface area (Å²) in [5.74, 6) is 0.656. The van der Waals surface area contributed by atoms with Crippen molar-refractivity contribution in [3.05, 3.63) is 158 Å². The van der Waals surface area contributed by atoms with Crippen molar-refractivity contribution in [2.45, 2.75) is 0 Å². The van der Waals surface area contributed by atoms with Crippen LogP contribution in [-0.2, 0) is 0 Å². The molecule has 10 rings (SSSR count). The molecule has 0 amide bonds. The van der Waals surface area contributed by atoms with Crippen molar-refractivity contribution >= 4 is 92.0 Å². The molecular weight excluding hydrogens is 593 g/mol. The third-order valence-corrected chi connectivity index (χ3v) is 10.4. The molecule has 8 aromatic carbocycles. The molecule has 0 radical (unpaired) electrons. The van der Waals surface area contributed by atoms with Crippen molar-refractivity contribution in [2.24, 2.45) is 0 Å². The predicted molar refractivity (Wildman–Crippen MR) is 200 cm³/mol. The number of anilines is 3. The fraction of sp³-hybridized carbons (Fsp3) is 0. The van der Waals surface area contributed by atoms with E-state index in [0.717, 1.165) is 33.7 Å². The first-order valence-corrected chi connectivity index (χ1v) is 16.6. The van der Waals surface area contributed by atoms with E-state index in [1.165, 1.54) is 52.5 Å². The lowest BCUT2D eigenvalue weighted by atomic mass is 9.96. The summed E-state index contributed by atoms with van der Waals surface area (Å²) in [6, 6.07) is 56.3. The van der Waals surface area contributed by atoms with E-state index in [1.54, 1.807) is 0 Å². The van der Waals surface area contributed by atoms with E-state index in [4.69, 9.17) is 9.40 Å². The molecule has 10 aromatic rings. The second kappa shape index (κ2) is 10.3. The lowest BCUT2D eigenvalue weighted by molar-refractivity contribution is 0.620. The first kappa shape index (κ1) is 26.3. The Balaban J connectivity index is 1.13. The Hall–Kier alpha value is -5.97. The van der Waals surface area contributed by atoms with Crippen molar-refractivity contribution in [1.29, 1.82) is 0 Å². The van der Waals surface area contributed by atoms with E-state index in [9.17, 15) is 0 Å². The summed E-state index contributed by atoms with van der Waals surface area (Å²) in [4.78, 5) is 7.19. The molecule has 0 fully saturated rings.